The van der Waals surface area contributed by atoms with Gasteiger partial charge in [-0.3, -0.25) is 9.59 Å². The molecule has 0 unspecified atom stereocenters. The maximum atomic E-state index is 11.9. The molecule has 1 aliphatic carbocycles. The van der Waals surface area contributed by atoms with Crippen molar-refractivity contribution in [3.8, 4) is 0 Å². The van der Waals surface area contributed by atoms with E-state index in [1.165, 1.54) is 0 Å². The predicted octanol–water partition coefficient (Wildman–Crippen LogP) is -0.506. The van der Waals surface area contributed by atoms with Crippen LogP contribution < -0.4 is 5.32 Å². The monoisotopic (exact) mass is 226 g/mol. The number of hydrogen-bond acceptors (Lipinski definition) is 3. The van der Waals surface area contributed by atoms with Gasteiger partial charge >= 0.3 is 0 Å². The van der Waals surface area contributed by atoms with Crippen molar-refractivity contribution in [3.05, 3.63) is 0 Å². The van der Waals surface area contributed by atoms with E-state index in [4.69, 9.17) is 5.11 Å². The number of rotatable bonds is 3. The second kappa shape index (κ2) is 4.41. The van der Waals surface area contributed by atoms with Gasteiger partial charge in [0.15, 0.2) is 0 Å². The lowest BCUT2D eigenvalue weighted by Crippen LogP contribution is -2.46. The first kappa shape index (κ1) is 11.4. The SMILES string of the molecule is CN(CC1CC(O)C1)C(=O)[C@H]1CCC(=O)N1. The molecule has 1 atom stereocenters. The highest BCUT2D eigenvalue weighted by molar-refractivity contribution is 5.90. The molecule has 5 heteroatoms. The number of carbonyl (C=O) groups is 2. The number of aliphatic hydroxyl groups is 1. The molecule has 0 spiro atoms. The molecule has 2 amide bonds. The predicted molar refractivity (Wildman–Crippen MR) is 57.5 cm³/mol. The Morgan fingerprint density at radius 3 is 2.75 bits per heavy atom. The summed E-state index contributed by atoms with van der Waals surface area (Å²) in [6.07, 6.45) is 2.45. The van der Waals surface area contributed by atoms with Crippen LogP contribution >= 0.6 is 0 Å². The molecule has 5 nitrogen and oxygen atoms in total. The van der Waals surface area contributed by atoms with Crippen molar-refractivity contribution in [2.45, 2.75) is 37.8 Å². The molecule has 1 aliphatic heterocycles. The van der Waals surface area contributed by atoms with Crippen LogP contribution in [0, 0.1) is 5.92 Å². The number of amides is 2. The minimum Gasteiger partial charge on any atom is -0.393 e. The van der Waals surface area contributed by atoms with E-state index in [2.05, 4.69) is 5.32 Å². The van der Waals surface area contributed by atoms with E-state index in [0.717, 1.165) is 12.8 Å². The standard InChI is InChI=1S/C11H18N2O3/c1-13(6-7-4-8(14)5-7)11(16)9-2-3-10(15)12-9/h7-9,14H,2-6H2,1H3,(H,12,15)/t7?,8?,9-/m1/s1. The summed E-state index contributed by atoms with van der Waals surface area (Å²) in [4.78, 5) is 24.6. The Morgan fingerprint density at radius 1 is 1.56 bits per heavy atom. The summed E-state index contributed by atoms with van der Waals surface area (Å²) in [5, 5.41) is 11.8. The lowest BCUT2D eigenvalue weighted by atomic mass is 9.82. The quantitative estimate of drug-likeness (QED) is 0.681. The van der Waals surface area contributed by atoms with Crippen LogP contribution in [0.3, 0.4) is 0 Å². The normalized spacial score (nSPS) is 33.1. The summed E-state index contributed by atoms with van der Waals surface area (Å²) in [5.41, 5.74) is 0. The molecule has 0 aromatic rings. The van der Waals surface area contributed by atoms with Crippen LogP contribution in [0.15, 0.2) is 0 Å². The fourth-order valence-electron chi connectivity index (χ4n) is 2.39. The molecule has 2 rings (SSSR count). The molecular weight excluding hydrogens is 208 g/mol. The van der Waals surface area contributed by atoms with Crippen molar-refractivity contribution in [2.75, 3.05) is 13.6 Å². The summed E-state index contributed by atoms with van der Waals surface area (Å²) in [6, 6.07) is -0.331. The largest absolute Gasteiger partial charge is 0.393 e. The zero-order chi connectivity index (χ0) is 11.7. The van der Waals surface area contributed by atoms with Crippen LogP contribution in [-0.4, -0.2) is 47.6 Å². The highest BCUT2D eigenvalue weighted by Crippen LogP contribution is 2.27. The highest BCUT2D eigenvalue weighted by Gasteiger charge is 2.33. The Kier molecular flexibility index (Phi) is 3.14. The van der Waals surface area contributed by atoms with Crippen LogP contribution in [0.2, 0.25) is 0 Å². The summed E-state index contributed by atoms with van der Waals surface area (Å²) in [6.45, 7) is 0.683. The molecule has 16 heavy (non-hydrogen) atoms. The van der Waals surface area contributed by atoms with Gasteiger partial charge in [0, 0.05) is 20.0 Å². The van der Waals surface area contributed by atoms with Crippen molar-refractivity contribution in [3.63, 3.8) is 0 Å². The fraction of sp³-hybridized carbons (Fsp3) is 0.818. The summed E-state index contributed by atoms with van der Waals surface area (Å²) in [5.74, 6) is 0.374. The molecule has 2 aliphatic rings. The van der Waals surface area contributed by atoms with Crippen LogP contribution in [0.1, 0.15) is 25.7 Å². The number of nitrogens with zero attached hydrogens (tertiary/aromatic N) is 1. The van der Waals surface area contributed by atoms with Gasteiger partial charge in [-0.05, 0) is 25.2 Å². The molecule has 1 heterocycles. The average Bonchev–Trinajstić information content (AvgIpc) is 2.61. The number of nitrogens with one attached hydrogen (secondary N) is 1. The molecule has 1 saturated heterocycles. The molecule has 0 bridgehead atoms. The Morgan fingerprint density at radius 2 is 2.25 bits per heavy atom. The minimum absolute atomic E-state index is 0.00719. The number of likely N-dealkylation sites (N-methyl/N-ethyl adjacent to an activating group) is 1. The van der Waals surface area contributed by atoms with Gasteiger partial charge in [-0.1, -0.05) is 0 Å². The van der Waals surface area contributed by atoms with Crippen molar-refractivity contribution >= 4 is 11.8 Å². The van der Waals surface area contributed by atoms with Gasteiger partial charge in [-0.15, -0.1) is 0 Å². The summed E-state index contributed by atoms with van der Waals surface area (Å²) < 4.78 is 0. The molecule has 90 valence electrons. The number of hydrogen-bond donors (Lipinski definition) is 2. The average molecular weight is 226 g/mol. The molecular formula is C11H18N2O3. The molecule has 2 N–H and O–H groups in total. The van der Waals surface area contributed by atoms with Gasteiger partial charge in [0.05, 0.1) is 6.10 Å². The first-order valence-corrected chi connectivity index (χ1v) is 5.78. The van der Waals surface area contributed by atoms with E-state index in [-0.39, 0.29) is 24.0 Å². The third kappa shape index (κ3) is 2.35. The van der Waals surface area contributed by atoms with E-state index in [1.807, 2.05) is 0 Å². The van der Waals surface area contributed by atoms with Gasteiger partial charge in [0.25, 0.3) is 0 Å². The molecule has 1 saturated carbocycles. The smallest absolute Gasteiger partial charge is 0.244 e. The summed E-state index contributed by atoms with van der Waals surface area (Å²) in [7, 11) is 1.76. The Labute approximate surface area is 94.8 Å². The fourth-order valence-corrected chi connectivity index (χ4v) is 2.39. The highest BCUT2D eigenvalue weighted by atomic mass is 16.3. The van der Waals surface area contributed by atoms with Crippen molar-refractivity contribution < 1.29 is 14.7 Å². The number of carbonyl (C=O) groups excluding carboxylic acids is 2. The van der Waals surface area contributed by atoms with Gasteiger partial charge in [-0.2, -0.15) is 0 Å². The Hall–Kier alpha value is -1.10. The van der Waals surface area contributed by atoms with E-state index >= 15 is 0 Å². The van der Waals surface area contributed by atoms with Crippen LogP contribution in [0.4, 0.5) is 0 Å². The molecule has 0 radical (unpaired) electrons. The molecule has 2 fully saturated rings. The van der Waals surface area contributed by atoms with E-state index < -0.39 is 0 Å². The first-order valence-electron chi connectivity index (χ1n) is 5.78. The van der Waals surface area contributed by atoms with Crippen molar-refractivity contribution in [1.29, 1.82) is 0 Å². The van der Waals surface area contributed by atoms with Crippen LogP contribution in [-0.2, 0) is 9.59 Å². The van der Waals surface area contributed by atoms with Crippen LogP contribution in [0.5, 0.6) is 0 Å². The van der Waals surface area contributed by atoms with Gasteiger partial charge < -0.3 is 15.3 Å². The zero-order valence-corrected chi connectivity index (χ0v) is 9.48. The maximum Gasteiger partial charge on any atom is 0.244 e. The lowest BCUT2D eigenvalue weighted by Gasteiger charge is -2.35. The van der Waals surface area contributed by atoms with Gasteiger partial charge in [-0.25, -0.2) is 0 Å². The van der Waals surface area contributed by atoms with E-state index in [0.29, 0.717) is 25.3 Å². The summed E-state index contributed by atoms with van der Waals surface area (Å²) >= 11 is 0. The van der Waals surface area contributed by atoms with Crippen molar-refractivity contribution in [2.24, 2.45) is 5.92 Å². The Bertz CT molecular complexity index is 300. The topological polar surface area (TPSA) is 69.6 Å². The second-order valence-corrected chi connectivity index (χ2v) is 4.87. The first-order chi connectivity index (χ1) is 7.56. The third-order valence-electron chi connectivity index (χ3n) is 3.41. The zero-order valence-electron chi connectivity index (χ0n) is 9.48. The van der Waals surface area contributed by atoms with Crippen molar-refractivity contribution in [1.82, 2.24) is 10.2 Å². The number of aliphatic hydroxyl groups excluding tert-OH is 1. The van der Waals surface area contributed by atoms with E-state index in [1.54, 1.807) is 11.9 Å². The van der Waals surface area contributed by atoms with Gasteiger partial charge in [0.2, 0.25) is 11.8 Å². The molecule has 0 aromatic carbocycles. The van der Waals surface area contributed by atoms with E-state index in [9.17, 15) is 9.59 Å². The van der Waals surface area contributed by atoms with Gasteiger partial charge in [0.1, 0.15) is 6.04 Å². The molecule has 0 aromatic heterocycles. The Balaban J connectivity index is 1.78. The van der Waals surface area contributed by atoms with Crippen LogP contribution in [0.25, 0.3) is 0 Å². The second-order valence-electron chi connectivity index (χ2n) is 4.87. The maximum absolute atomic E-state index is 11.9. The minimum atomic E-state index is -0.331. The lowest BCUT2D eigenvalue weighted by molar-refractivity contribution is -0.134. The third-order valence-corrected chi connectivity index (χ3v) is 3.41.